The Morgan fingerprint density at radius 3 is 2.35 bits per heavy atom. The summed E-state index contributed by atoms with van der Waals surface area (Å²) in [6.07, 6.45) is -4.09. The first-order valence-electron chi connectivity index (χ1n) is 7.06. The number of carbonyl (C=O) groups excluding carboxylic acids is 1. The Morgan fingerprint density at radius 1 is 1.39 bits per heavy atom. The zero-order valence-corrected chi connectivity index (χ0v) is 13.1. The van der Waals surface area contributed by atoms with Crippen LogP contribution in [0.2, 0.25) is 0 Å². The zero-order valence-electron chi connectivity index (χ0n) is 13.1. The minimum absolute atomic E-state index is 0.0243. The molecule has 2 fully saturated rings. The highest BCUT2D eigenvalue weighted by atomic mass is 19.4. The van der Waals surface area contributed by atoms with E-state index < -0.39 is 23.5 Å². The van der Waals surface area contributed by atoms with Gasteiger partial charge in [0.25, 0.3) is 5.91 Å². The van der Waals surface area contributed by atoms with Gasteiger partial charge in [-0.3, -0.25) is 4.79 Å². The van der Waals surface area contributed by atoms with Gasteiger partial charge in [0.1, 0.15) is 6.10 Å². The molecule has 1 heterocycles. The molecule has 3 atom stereocenters. The van der Waals surface area contributed by atoms with Gasteiger partial charge < -0.3 is 25.6 Å². The van der Waals surface area contributed by atoms with E-state index in [-0.39, 0.29) is 18.1 Å². The molecule has 0 radical (unpaired) electrons. The number of ether oxygens (including phenoxy) is 2. The number of amides is 1. The van der Waals surface area contributed by atoms with Gasteiger partial charge in [0, 0.05) is 19.0 Å². The molecule has 134 valence electrons. The molecule has 0 bridgehead atoms. The molecule has 23 heavy (non-hydrogen) atoms. The summed E-state index contributed by atoms with van der Waals surface area (Å²) in [6.45, 7) is 6.14. The van der Waals surface area contributed by atoms with Gasteiger partial charge in [-0.25, -0.2) is 4.79 Å². The highest BCUT2D eigenvalue weighted by Crippen LogP contribution is 2.46. The maximum atomic E-state index is 12.1. The minimum atomic E-state index is -5.08. The second-order valence-corrected chi connectivity index (χ2v) is 5.86. The Labute approximate surface area is 131 Å². The number of alkyl halides is 3. The molecular formula is C13H21F3N2O5. The van der Waals surface area contributed by atoms with Gasteiger partial charge >= 0.3 is 12.1 Å². The minimum Gasteiger partial charge on any atom is -0.475 e. The Bertz CT molecular complexity index is 469. The summed E-state index contributed by atoms with van der Waals surface area (Å²) in [4.78, 5) is 21.0. The second-order valence-electron chi connectivity index (χ2n) is 5.86. The van der Waals surface area contributed by atoms with E-state index in [0.29, 0.717) is 19.4 Å². The summed E-state index contributed by atoms with van der Waals surface area (Å²) >= 11 is 0. The molecule has 0 aromatic rings. The molecule has 4 N–H and O–H groups in total. The van der Waals surface area contributed by atoms with Crippen LogP contribution < -0.4 is 11.1 Å². The number of carbonyl (C=O) groups is 2. The Kier molecular flexibility index (Phi) is 5.65. The van der Waals surface area contributed by atoms with E-state index in [0.717, 1.165) is 0 Å². The maximum Gasteiger partial charge on any atom is 0.490 e. The van der Waals surface area contributed by atoms with Crippen LogP contribution in [0.15, 0.2) is 0 Å². The first kappa shape index (κ1) is 19.7. The molecule has 1 amide bonds. The molecule has 1 aliphatic carbocycles. The van der Waals surface area contributed by atoms with Crippen LogP contribution in [0.3, 0.4) is 0 Å². The number of aliphatic carboxylic acids is 1. The van der Waals surface area contributed by atoms with Gasteiger partial charge in [-0.05, 0) is 27.2 Å². The Balaban J connectivity index is 0.000000322. The average Bonchev–Trinajstić information content (AvgIpc) is 2.76. The molecular weight excluding hydrogens is 321 g/mol. The molecule has 0 spiro atoms. The topological polar surface area (TPSA) is 111 Å². The number of hydrogen-bond acceptors (Lipinski definition) is 5. The van der Waals surface area contributed by atoms with Crippen LogP contribution in [0, 0.1) is 0 Å². The van der Waals surface area contributed by atoms with Gasteiger partial charge in [0.2, 0.25) is 0 Å². The first-order valence-corrected chi connectivity index (χ1v) is 7.06. The van der Waals surface area contributed by atoms with Crippen molar-refractivity contribution in [3.63, 3.8) is 0 Å². The van der Waals surface area contributed by atoms with E-state index in [9.17, 15) is 18.0 Å². The van der Waals surface area contributed by atoms with Crippen LogP contribution in [-0.2, 0) is 19.1 Å². The monoisotopic (exact) mass is 342 g/mol. The molecule has 1 saturated carbocycles. The summed E-state index contributed by atoms with van der Waals surface area (Å²) in [5.74, 6) is -3.55. The largest absolute Gasteiger partial charge is 0.490 e. The highest BCUT2D eigenvalue weighted by Gasteiger charge is 2.62. The summed E-state index contributed by atoms with van der Waals surface area (Å²) < 4.78 is 43.3. The normalized spacial score (nSPS) is 31.8. The first-order chi connectivity index (χ1) is 10.3. The van der Waals surface area contributed by atoms with Gasteiger partial charge in [0.05, 0.1) is 0 Å². The average molecular weight is 342 g/mol. The summed E-state index contributed by atoms with van der Waals surface area (Å²) in [5, 5.41) is 9.93. The van der Waals surface area contributed by atoms with Crippen molar-refractivity contribution in [3.8, 4) is 0 Å². The van der Waals surface area contributed by atoms with Crippen LogP contribution in [0.4, 0.5) is 13.2 Å². The molecule has 1 aliphatic heterocycles. The number of fused-ring (bicyclic) bond motifs is 1. The molecule has 0 unspecified atom stereocenters. The predicted molar refractivity (Wildman–Crippen MR) is 72.4 cm³/mol. The highest BCUT2D eigenvalue weighted by molar-refractivity contribution is 5.87. The van der Waals surface area contributed by atoms with Gasteiger partial charge in [-0.15, -0.1) is 0 Å². The number of nitrogens with two attached hydrogens (primary N) is 1. The van der Waals surface area contributed by atoms with Crippen molar-refractivity contribution < 1.29 is 37.3 Å². The fraction of sp³-hybridized carbons (Fsp3) is 0.846. The number of hydrogen-bond donors (Lipinski definition) is 3. The fourth-order valence-electron chi connectivity index (χ4n) is 2.72. The lowest BCUT2D eigenvalue weighted by atomic mass is 9.98. The molecule has 0 aromatic heterocycles. The third-order valence-corrected chi connectivity index (χ3v) is 3.42. The van der Waals surface area contributed by atoms with Crippen molar-refractivity contribution in [1.29, 1.82) is 0 Å². The van der Waals surface area contributed by atoms with E-state index in [4.69, 9.17) is 25.1 Å². The number of carboxylic acid groups (broad SMARTS) is 1. The van der Waals surface area contributed by atoms with Crippen LogP contribution >= 0.6 is 0 Å². The van der Waals surface area contributed by atoms with Crippen molar-refractivity contribution in [2.75, 3.05) is 6.54 Å². The van der Waals surface area contributed by atoms with Gasteiger partial charge in [-0.2, -0.15) is 13.2 Å². The zero-order chi connectivity index (χ0) is 18.1. The molecule has 2 rings (SSSR count). The smallest absolute Gasteiger partial charge is 0.475 e. The number of rotatable bonds is 2. The third-order valence-electron chi connectivity index (χ3n) is 3.42. The Morgan fingerprint density at radius 2 is 1.91 bits per heavy atom. The van der Waals surface area contributed by atoms with Crippen molar-refractivity contribution in [1.82, 2.24) is 5.32 Å². The van der Waals surface area contributed by atoms with E-state index in [1.165, 1.54) is 0 Å². The standard InChI is InChI=1S/C11H20N2O3.C2HF3O2/c1-4-13-9(14)11-6-7(12)5-8(11)15-10(2,3)16-11;3-2(4,5)1(6)7/h7-8H,4-6,12H2,1-3H3,(H,13,14);(H,6,7)/t7-,8-,11+;/m1./s1. The predicted octanol–water partition coefficient (Wildman–Crippen LogP) is 0.767. The van der Waals surface area contributed by atoms with E-state index in [1.807, 2.05) is 20.8 Å². The SMILES string of the molecule is CCNC(=O)[C@]12C[C@H](N)C[C@H]1OC(C)(C)O2.O=C(O)C(F)(F)F. The summed E-state index contributed by atoms with van der Waals surface area (Å²) in [6, 6.07) is -0.0243. The number of carboxylic acids is 1. The van der Waals surface area contributed by atoms with Gasteiger partial charge in [0.15, 0.2) is 11.4 Å². The van der Waals surface area contributed by atoms with Crippen molar-refractivity contribution in [2.45, 2.75) is 63.3 Å². The van der Waals surface area contributed by atoms with Crippen molar-refractivity contribution >= 4 is 11.9 Å². The molecule has 0 aromatic carbocycles. The summed E-state index contributed by atoms with van der Waals surface area (Å²) in [7, 11) is 0. The van der Waals surface area contributed by atoms with Crippen LogP contribution in [0.5, 0.6) is 0 Å². The van der Waals surface area contributed by atoms with E-state index in [1.54, 1.807) is 0 Å². The lowest BCUT2D eigenvalue weighted by molar-refractivity contribution is -0.192. The lowest BCUT2D eigenvalue weighted by Crippen LogP contribution is -2.51. The fourth-order valence-corrected chi connectivity index (χ4v) is 2.72. The summed E-state index contributed by atoms with van der Waals surface area (Å²) in [5.41, 5.74) is 5.02. The number of halogens is 3. The van der Waals surface area contributed by atoms with Crippen LogP contribution in [0.25, 0.3) is 0 Å². The Hall–Kier alpha value is -1.39. The van der Waals surface area contributed by atoms with E-state index in [2.05, 4.69) is 5.32 Å². The third kappa shape index (κ3) is 4.55. The molecule has 10 heteroatoms. The van der Waals surface area contributed by atoms with Crippen LogP contribution in [-0.4, -0.2) is 53.2 Å². The van der Waals surface area contributed by atoms with Crippen LogP contribution in [0.1, 0.15) is 33.6 Å². The maximum absolute atomic E-state index is 12.1. The molecule has 1 saturated heterocycles. The quantitative estimate of drug-likeness (QED) is 0.683. The molecule has 2 aliphatic rings. The second kappa shape index (κ2) is 6.62. The lowest BCUT2D eigenvalue weighted by Gasteiger charge is -2.27. The molecule has 7 nitrogen and oxygen atoms in total. The number of likely N-dealkylation sites (N-methyl/N-ethyl adjacent to an activating group) is 1. The van der Waals surface area contributed by atoms with Crippen molar-refractivity contribution in [2.24, 2.45) is 5.73 Å². The van der Waals surface area contributed by atoms with E-state index >= 15 is 0 Å². The number of nitrogens with one attached hydrogen (secondary N) is 1. The van der Waals surface area contributed by atoms with Gasteiger partial charge in [-0.1, -0.05) is 0 Å². The van der Waals surface area contributed by atoms with Crippen molar-refractivity contribution in [3.05, 3.63) is 0 Å².